The minimum absolute atomic E-state index is 0.765. The van der Waals surface area contributed by atoms with Crippen LogP contribution in [0.5, 0.6) is 0 Å². The molecule has 1 aromatic heterocycles. The number of aliphatic imine (C=N–C) groups is 1. The number of H-pyrrole nitrogens is 1. The van der Waals surface area contributed by atoms with Crippen molar-refractivity contribution in [3.05, 3.63) is 36.0 Å². The molecule has 118 valence electrons. The highest BCUT2D eigenvalue weighted by molar-refractivity contribution is 5.83. The second kappa shape index (κ2) is 6.86. The summed E-state index contributed by atoms with van der Waals surface area (Å²) >= 11 is 0. The van der Waals surface area contributed by atoms with Crippen LogP contribution in [0.4, 0.5) is 0 Å². The van der Waals surface area contributed by atoms with Gasteiger partial charge in [0.25, 0.3) is 0 Å². The fourth-order valence-corrected chi connectivity index (χ4v) is 3.36. The first-order chi connectivity index (χ1) is 10.8. The largest absolute Gasteiger partial charge is 0.361 e. The fraction of sp³-hybridized carbons (Fsp3) is 0.500. The van der Waals surface area contributed by atoms with Crippen LogP contribution in [-0.4, -0.2) is 42.5 Å². The van der Waals surface area contributed by atoms with Crippen molar-refractivity contribution in [1.29, 1.82) is 0 Å². The summed E-state index contributed by atoms with van der Waals surface area (Å²) in [7, 11) is 1.88. The average Bonchev–Trinajstić information content (AvgIpc) is 2.95. The normalized spacial score (nSPS) is 19.6. The summed E-state index contributed by atoms with van der Waals surface area (Å²) in [5.74, 6) is 1.81. The van der Waals surface area contributed by atoms with Crippen LogP contribution in [0.1, 0.15) is 25.3 Å². The monoisotopic (exact) mass is 298 g/mol. The molecule has 1 fully saturated rings. The predicted octanol–water partition coefficient (Wildman–Crippen LogP) is 3.02. The number of likely N-dealkylation sites (tertiary alicyclic amines) is 1. The van der Waals surface area contributed by atoms with Gasteiger partial charge in [-0.1, -0.05) is 25.1 Å². The van der Waals surface area contributed by atoms with Gasteiger partial charge < -0.3 is 15.2 Å². The third-order valence-electron chi connectivity index (χ3n) is 4.52. The third-order valence-corrected chi connectivity index (χ3v) is 4.52. The van der Waals surface area contributed by atoms with E-state index in [9.17, 15) is 0 Å². The molecular formula is C18H26N4. The maximum atomic E-state index is 4.45. The zero-order valence-corrected chi connectivity index (χ0v) is 13.6. The second-order valence-electron chi connectivity index (χ2n) is 6.28. The number of hydrogen-bond acceptors (Lipinski definition) is 1. The SMILES string of the molecule is CN=C(NCCc1c[nH]c2ccccc12)N1CCCC(C)C1. The van der Waals surface area contributed by atoms with E-state index in [1.54, 1.807) is 0 Å². The Hall–Kier alpha value is -1.97. The van der Waals surface area contributed by atoms with Gasteiger partial charge in [0.1, 0.15) is 0 Å². The Bertz CT molecular complexity index is 643. The van der Waals surface area contributed by atoms with Crippen LogP contribution >= 0.6 is 0 Å². The number of piperidine rings is 1. The van der Waals surface area contributed by atoms with Crippen molar-refractivity contribution in [3.63, 3.8) is 0 Å². The van der Waals surface area contributed by atoms with E-state index in [2.05, 4.69) is 57.6 Å². The molecule has 0 aliphatic carbocycles. The summed E-state index contributed by atoms with van der Waals surface area (Å²) < 4.78 is 0. The van der Waals surface area contributed by atoms with Gasteiger partial charge in [-0.3, -0.25) is 4.99 Å². The molecule has 0 bridgehead atoms. The molecule has 1 atom stereocenters. The van der Waals surface area contributed by atoms with E-state index in [4.69, 9.17) is 0 Å². The summed E-state index contributed by atoms with van der Waals surface area (Å²) in [6.07, 6.45) is 5.73. The van der Waals surface area contributed by atoms with Gasteiger partial charge in [0.2, 0.25) is 0 Å². The number of guanidine groups is 1. The number of para-hydroxylation sites is 1. The summed E-state index contributed by atoms with van der Waals surface area (Å²) in [6.45, 7) is 5.48. The van der Waals surface area contributed by atoms with Crippen LogP contribution in [0.15, 0.2) is 35.5 Å². The maximum absolute atomic E-state index is 4.45. The van der Waals surface area contributed by atoms with Crippen LogP contribution in [0.25, 0.3) is 10.9 Å². The number of nitrogens with one attached hydrogen (secondary N) is 2. The highest BCUT2D eigenvalue weighted by atomic mass is 15.3. The lowest BCUT2D eigenvalue weighted by Gasteiger charge is -2.33. The molecule has 1 aliphatic heterocycles. The van der Waals surface area contributed by atoms with Gasteiger partial charge in [-0.05, 0) is 36.8 Å². The summed E-state index contributed by atoms with van der Waals surface area (Å²) in [6, 6.07) is 8.48. The Morgan fingerprint density at radius 3 is 3.09 bits per heavy atom. The Morgan fingerprint density at radius 2 is 2.27 bits per heavy atom. The lowest BCUT2D eigenvalue weighted by molar-refractivity contribution is 0.266. The van der Waals surface area contributed by atoms with Crippen LogP contribution < -0.4 is 5.32 Å². The molecule has 1 unspecified atom stereocenters. The molecule has 4 nitrogen and oxygen atoms in total. The summed E-state index contributed by atoms with van der Waals surface area (Å²) in [4.78, 5) is 10.2. The standard InChI is InChI=1S/C18H26N4/c1-14-6-5-11-22(13-14)18(19-2)20-10-9-15-12-21-17-8-4-3-7-16(15)17/h3-4,7-8,12,14,21H,5-6,9-11,13H2,1-2H3,(H,19,20). The van der Waals surface area contributed by atoms with Crippen LogP contribution in [-0.2, 0) is 6.42 Å². The average molecular weight is 298 g/mol. The highest BCUT2D eigenvalue weighted by Crippen LogP contribution is 2.18. The molecule has 4 heteroatoms. The second-order valence-corrected chi connectivity index (χ2v) is 6.28. The Morgan fingerprint density at radius 1 is 1.41 bits per heavy atom. The first-order valence-electron chi connectivity index (χ1n) is 8.28. The van der Waals surface area contributed by atoms with Crippen molar-refractivity contribution < 1.29 is 0 Å². The molecule has 0 amide bonds. The molecule has 2 aromatic rings. The number of benzene rings is 1. The van der Waals surface area contributed by atoms with Gasteiger partial charge in [0.15, 0.2) is 5.96 Å². The van der Waals surface area contributed by atoms with E-state index in [0.29, 0.717) is 0 Å². The van der Waals surface area contributed by atoms with E-state index in [1.165, 1.54) is 29.3 Å². The van der Waals surface area contributed by atoms with Gasteiger partial charge in [-0.25, -0.2) is 0 Å². The Kier molecular flexibility index (Phi) is 4.66. The van der Waals surface area contributed by atoms with Crippen molar-refractivity contribution in [1.82, 2.24) is 15.2 Å². The highest BCUT2D eigenvalue weighted by Gasteiger charge is 2.18. The number of nitrogens with zero attached hydrogens (tertiary/aromatic N) is 2. The summed E-state index contributed by atoms with van der Waals surface area (Å²) in [5.41, 5.74) is 2.58. The third kappa shape index (κ3) is 3.26. The topological polar surface area (TPSA) is 43.4 Å². The molecule has 0 saturated carbocycles. The number of rotatable bonds is 3. The minimum atomic E-state index is 0.765. The number of aromatic nitrogens is 1. The van der Waals surface area contributed by atoms with Crippen molar-refractivity contribution in [3.8, 4) is 0 Å². The number of hydrogen-bond donors (Lipinski definition) is 2. The zero-order valence-electron chi connectivity index (χ0n) is 13.6. The molecule has 3 rings (SSSR count). The predicted molar refractivity (Wildman–Crippen MR) is 93.3 cm³/mol. The lowest BCUT2D eigenvalue weighted by Crippen LogP contribution is -2.46. The molecule has 1 aromatic carbocycles. The van der Waals surface area contributed by atoms with E-state index >= 15 is 0 Å². The van der Waals surface area contributed by atoms with Gasteiger partial charge in [0, 0.05) is 43.8 Å². The van der Waals surface area contributed by atoms with Crippen molar-refractivity contribution in [2.75, 3.05) is 26.7 Å². The lowest BCUT2D eigenvalue weighted by atomic mass is 10.0. The minimum Gasteiger partial charge on any atom is -0.361 e. The Labute approximate surface area is 132 Å². The molecule has 0 radical (unpaired) electrons. The van der Waals surface area contributed by atoms with E-state index in [-0.39, 0.29) is 0 Å². The molecule has 0 spiro atoms. The van der Waals surface area contributed by atoms with Gasteiger partial charge in [-0.15, -0.1) is 0 Å². The summed E-state index contributed by atoms with van der Waals surface area (Å²) in [5, 5.41) is 4.85. The fourth-order valence-electron chi connectivity index (χ4n) is 3.36. The van der Waals surface area contributed by atoms with Crippen LogP contribution in [0.2, 0.25) is 0 Å². The van der Waals surface area contributed by atoms with Crippen molar-refractivity contribution in [2.45, 2.75) is 26.2 Å². The molecule has 1 aliphatic rings. The van der Waals surface area contributed by atoms with E-state index < -0.39 is 0 Å². The van der Waals surface area contributed by atoms with Gasteiger partial charge >= 0.3 is 0 Å². The molecular weight excluding hydrogens is 272 g/mol. The first kappa shape index (κ1) is 14.9. The van der Waals surface area contributed by atoms with Crippen LogP contribution in [0, 0.1) is 5.92 Å². The first-order valence-corrected chi connectivity index (χ1v) is 8.28. The maximum Gasteiger partial charge on any atom is 0.193 e. The van der Waals surface area contributed by atoms with Crippen molar-refractivity contribution in [2.24, 2.45) is 10.9 Å². The van der Waals surface area contributed by atoms with Gasteiger partial charge in [-0.2, -0.15) is 0 Å². The van der Waals surface area contributed by atoms with Crippen LogP contribution in [0.3, 0.4) is 0 Å². The smallest absolute Gasteiger partial charge is 0.193 e. The van der Waals surface area contributed by atoms with E-state index in [1.807, 2.05) is 7.05 Å². The molecule has 1 saturated heterocycles. The molecule has 2 N–H and O–H groups in total. The Balaban J connectivity index is 1.57. The van der Waals surface area contributed by atoms with E-state index in [0.717, 1.165) is 37.9 Å². The van der Waals surface area contributed by atoms with Crippen molar-refractivity contribution >= 4 is 16.9 Å². The molecule has 22 heavy (non-hydrogen) atoms. The van der Waals surface area contributed by atoms with Gasteiger partial charge in [0.05, 0.1) is 0 Å². The number of aromatic amines is 1. The molecule has 2 heterocycles. The number of fused-ring (bicyclic) bond motifs is 1. The zero-order chi connectivity index (χ0) is 15.4. The quantitative estimate of drug-likeness (QED) is 0.676.